The molecular formula is C10H8ClFN2O. The smallest absolute Gasteiger partial charge is 0.264 e. The number of fused-ring (bicyclic) bond motifs is 1. The molecule has 0 aliphatic rings. The molecule has 1 heterocycles. The van der Waals surface area contributed by atoms with Crippen LogP contribution in [0.15, 0.2) is 16.9 Å². The second-order valence-electron chi connectivity index (χ2n) is 3.30. The molecule has 2 aromatic rings. The van der Waals surface area contributed by atoms with Crippen molar-refractivity contribution in [3.8, 4) is 0 Å². The summed E-state index contributed by atoms with van der Waals surface area (Å²) in [7, 11) is 1.55. The van der Waals surface area contributed by atoms with Crippen LogP contribution in [0.3, 0.4) is 0 Å². The first-order valence-corrected chi connectivity index (χ1v) is 4.71. The Labute approximate surface area is 90.1 Å². The Kier molecular flexibility index (Phi) is 2.23. The molecule has 0 unspecified atom stereocenters. The van der Waals surface area contributed by atoms with Crippen LogP contribution in [-0.4, -0.2) is 9.55 Å². The summed E-state index contributed by atoms with van der Waals surface area (Å²) >= 11 is 5.68. The van der Waals surface area contributed by atoms with Crippen molar-refractivity contribution in [1.29, 1.82) is 0 Å². The summed E-state index contributed by atoms with van der Waals surface area (Å²) in [4.78, 5) is 15.8. The molecule has 0 aliphatic heterocycles. The molecule has 0 saturated carbocycles. The molecule has 0 atom stereocenters. The summed E-state index contributed by atoms with van der Waals surface area (Å²) in [6.45, 7) is 1.68. The number of hydrogen-bond donors (Lipinski definition) is 0. The van der Waals surface area contributed by atoms with Crippen LogP contribution in [-0.2, 0) is 7.05 Å². The van der Waals surface area contributed by atoms with E-state index in [9.17, 15) is 9.18 Å². The Morgan fingerprint density at radius 2 is 2.13 bits per heavy atom. The highest BCUT2D eigenvalue weighted by molar-refractivity contribution is 6.31. The van der Waals surface area contributed by atoms with E-state index in [0.717, 1.165) is 6.07 Å². The molecule has 0 aliphatic carbocycles. The van der Waals surface area contributed by atoms with Gasteiger partial charge in [0.1, 0.15) is 17.0 Å². The number of hydrogen-bond acceptors (Lipinski definition) is 2. The minimum Gasteiger partial charge on any atom is -0.299 e. The van der Waals surface area contributed by atoms with Gasteiger partial charge in [0.15, 0.2) is 0 Å². The Morgan fingerprint density at radius 3 is 2.80 bits per heavy atom. The van der Waals surface area contributed by atoms with Gasteiger partial charge in [0.25, 0.3) is 5.56 Å². The Bertz CT molecular complexity index is 606. The molecule has 15 heavy (non-hydrogen) atoms. The zero-order valence-electron chi connectivity index (χ0n) is 8.21. The minimum atomic E-state index is -0.634. The fraction of sp³-hybridized carbons (Fsp3) is 0.200. The van der Waals surface area contributed by atoms with Gasteiger partial charge in [-0.25, -0.2) is 9.37 Å². The highest BCUT2D eigenvalue weighted by Gasteiger charge is 2.10. The number of benzene rings is 1. The third-order valence-electron chi connectivity index (χ3n) is 2.32. The second kappa shape index (κ2) is 3.31. The van der Waals surface area contributed by atoms with Gasteiger partial charge in [0, 0.05) is 12.1 Å². The van der Waals surface area contributed by atoms with Crippen LogP contribution in [0.2, 0.25) is 5.02 Å². The van der Waals surface area contributed by atoms with Gasteiger partial charge in [-0.1, -0.05) is 11.6 Å². The summed E-state index contributed by atoms with van der Waals surface area (Å²) in [5.41, 5.74) is -0.104. The quantitative estimate of drug-likeness (QED) is 0.689. The van der Waals surface area contributed by atoms with Crippen LogP contribution in [0.1, 0.15) is 5.82 Å². The monoisotopic (exact) mass is 226 g/mol. The molecule has 0 amide bonds. The Hall–Kier alpha value is -1.42. The fourth-order valence-electron chi connectivity index (χ4n) is 1.42. The van der Waals surface area contributed by atoms with Gasteiger partial charge < -0.3 is 0 Å². The van der Waals surface area contributed by atoms with E-state index in [-0.39, 0.29) is 10.4 Å². The maximum absolute atomic E-state index is 13.5. The fourth-order valence-corrected chi connectivity index (χ4v) is 1.62. The van der Waals surface area contributed by atoms with Gasteiger partial charge in [-0.05, 0) is 19.1 Å². The van der Waals surface area contributed by atoms with E-state index in [2.05, 4.69) is 4.98 Å². The summed E-state index contributed by atoms with van der Waals surface area (Å²) in [5, 5.41) is 0.215. The van der Waals surface area contributed by atoms with E-state index in [1.165, 1.54) is 10.6 Å². The predicted molar refractivity (Wildman–Crippen MR) is 56.7 cm³/mol. The standard InChI is InChI=1S/C10H8ClFN2O/c1-5-13-8-4-6(11)3-7(12)9(8)10(15)14(5)2/h3-4H,1-2H3. The molecule has 2 rings (SSSR count). The number of aryl methyl sites for hydroxylation is 1. The maximum Gasteiger partial charge on any atom is 0.264 e. The highest BCUT2D eigenvalue weighted by atomic mass is 35.5. The average Bonchev–Trinajstić information content (AvgIpc) is 2.13. The van der Waals surface area contributed by atoms with Gasteiger partial charge >= 0.3 is 0 Å². The van der Waals surface area contributed by atoms with E-state index in [0.29, 0.717) is 11.3 Å². The van der Waals surface area contributed by atoms with Crippen LogP contribution in [0.25, 0.3) is 10.9 Å². The van der Waals surface area contributed by atoms with Crippen molar-refractivity contribution >= 4 is 22.5 Å². The molecule has 1 aromatic carbocycles. The molecular weight excluding hydrogens is 219 g/mol. The lowest BCUT2D eigenvalue weighted by molar-refractivity contribution is 0.635. The van der Waals surface area contributed by atoms with Crippen LogP contribution < -0.4 is 5.56 Å². The molecule has 0 saturated heterocycles. The molecule has 0 fully saturated rings. The normalized spacial score (nSPS) is 10.9. The number of aromatic nitrogens is 2. The molecule has 0 spiro atoms. The predicted octanol–water partition coefficient (Wildman–Crippen LogP) is 2.03. The Morgan fingerprint density at radius 1 is 1.47 bits per heavy atom. The zero-order valence-corrected chi connectivity index (χ0v) is 8.97. The first kappa shape index (κ1) is 10.1. The van der Waals surface area contributed by atoms with Gasteiger partial charge in [0.05, 0.1) is 5.52 Å². The van der Waals surface area contributed by atoms with Crippen molar-refractivity contribution in [1.82, 2.24) is 9.55 Å². The topological polar surface area (TPSA) is 34.9 Å². The molecule has 1 aromatic heterocycles. The summed E-state index contributed by atoms with van der Waals surface area (Å²) in [6, 6.07) is 2.59. The van der Waals surface area contributed by atoms with Crippen LogP contribution in [0, 0.1) is 12.7 Å². The third kappa shape index (κ3) is 1.51. The van der Waals surface area contributed by atoms with Crippen LogP contribution in [0.5, 0.6) is 0 Å². The van der Waals surface area contributed by atoms with E-state index >= 15 is 0 Å². The second-order valence-corrected chi connectivity index (χ2v) is 3.74. The lowest BCUT2D eigenvalue weighted by Gasteiger charge is -2.05. The van der Waals surface area contributed by atoms with Crippen LogP contribution >= 0.6 is 11.6 Å². The van der Waals surface area contributed by atoms with E-state index in [4.69, 9.17) is 11.6 Å². The third-order valence-corrected chi connectivity index (χ3v) is 2.54. The summed E-state index contributed by atoms with van der Waals surface area (Å²) in [5.74, 6) is -0.111. The van der Waals surface area contributed by atoms with Crippen molar-refractivity contribution in [2.24, 2.45) is 7.05 Å². The summed E-state index contributed by atoms with van der Waals surface area (Å²) < 4.78 is 14.8. The van der Waals surface area contributed by atoms with Crippen molar-refractivity contribution < 1.29 is 4.39 Å². The zero-order chi connectivity index (χ0) is 11.2. The molecule has 0 radical (unpaired) electrons. The number of rotatable bonds is 0. The van der Waals surface area contributed by atoms with E-state index < -0.39 is 11.4 Å². The number of halogens is 2. The van der Waals surface area contributed by atoms with Crippen LogP contribution in [0.4, 0.5) is 4.39 Å². The SMILES string of the molecule is Cc1nc2cc(Cl)cc(F)c2c(=O)n1C. The minimum absolute atomic E-state index is 0.0208. The first-order chi connectivity index (χ1) is 7.00. The first-order valence-electron chi connectivity index (χ1n) is 4.33. The van der Waals surface area contributed by atoms with Gasteiger partial charge in [0.2, 0.25) is 0 Å². The molecule has 3 nitrogen and oxygen atoms in total. The number of nitrogens with zero attached hydrogens (tertiary/aromatic N) is 2. The lowest BCUT2D eigenvalue weighted by Crippen LogP contribution is -2.21. The van der Waals surface area contributed by atoms with Crippen molar-refractivity contribution in [2.75, 3.05) is 0 Å². The van der Waals surface area contributed by atoms with E-state index in [1.807, 2.05) is 0 Å². The van der Waals surface area contributed by atoms with Crippen molar-refractivity contribution in [2.45, 2.75) is 6.92 Å². The molecule has 78 valence electrons. The summed E-state index contributed by atoms with van der Waals surface area (Å²) in [6.07, 6.45) is 0. The maximum atomic E-state index is 13.5. The van der Waals surface area contributed by atoms with Gasteiger partial charge in [-0.15, -0.1) is 0 Å². The van der Waals surface area contributed by atoms with Gasteiger partial charge in [-0.3, -0.25) is 9.36 Å². The average molecular weight is 227 g/mol. The lowest BCUT2D eigenvalue weighted by atomic mass is 10.2. The van der Waals surface area contributed by atoms with Gasteiger partial charge in [-0.2, -0.15) is 0 Å². The largest absolute Gasteiger partial charge is 0.299 e. The molecule has 0 bridgehead atoms. The van der Waals surface area contributed by atoms with Crippen molar-refractivity contribution in [3.05, 3.63) is 39.2 Å². The van der Waals surface area contributed by atoms with Crippen molar-refractivity contribution in [3.63, 3.8) is 0 Å². The highest BCUT2D eigenvalue weighted by Crippen LogP contribution is 2.18. The molecule has 0 N–H and O–H groups in total. The van der Waals surface area contributed by atoms with E-state index in [1.54, 1.807) is 14.0 Å². The molecule has 5 heteroatoms. The Balaban J connectivity index is 3.06.